The van der Waals surface area contributed by atoms with Gasteiger partial charge >= 0.3 is 6.03 Å². The third kappa shape index (κ3) is 4.29. The maximum Gasteiger partial charge on any atom is 0.315 e. The summed E-state index contributed by atoms with van der Waals surface area (Å²) in [6.07, 6.45) is 0. The van der Waals surface area contributed by atoms with Crippen molar-refractivity contribution in [3.63, 3.8) is 0 Å². The summed E-state index contributed by atoms with van der Waals surface area (Å²) < 4.78 is 0. The first kappa shape index (κ1) is 15.5. The first-order valence-electron chi connectivity index (χ1n) is 7.06. The summed E-state index contributed by atoms with van der Waals surface area (Å²) >= 11 is 1.56. The molecule has 0 saturated carbocycles. The van der Waals surface area contributed by atoms with E-state index in [-0.39, 0.29) is 18.0 Å². The second-order valence-electron chi connectivity index (χ2n) is 5.18. The van der Waals surface area contributed by atoms with E-state index < -0.39 is 0 Å². The Bertz CT molecular complexity index is 582. The maximum atomic E-state index is 12.0. The van der Waals surface area contributed by atoms with Gasteiger partial charge in [-0.25, -0.2) is 9.78 Å². The molecule has 0 fully saturated rings. The number of amides is 2. The van der Waals surface area contributed by atoms with Crippen LogP contribution in [-0.2, 0) is 6.54 Å². The van der Waals surface area contributed by atoms with Crippen molar-refractivity contribution in [2.45, 2.75) is 39.3 Å². The van der Waals surface area contributed by atoms with E-state index >= 15 is 0 Å². The fourth-order valence-electron chi connectivity index (χ4n) is 2.08. The van der Waals surface area contributed by atoms with Crippen LogP contribution >= 0.6 is 11.3 Å². The van der Waals surface area contributed by atoms with E-state index in [0.717, 1.165) is 10.6 Å². The molecule has 2 amide bonds. The van der Waals surface area contributed by atoms with Crippen molar-refractivity contribution >= 4 is 17.4 Å². The van der Waals surface area contributed by atoms with Gasteiger partial charge in [0.1, 0.15) is 0 Å². The zero-order valence-corrected chi connectivity index (χ0v) is 13.4. The number of nitrogens with zero attached hydrogens (tertiary/aromatic N) is 1. The highest BCUT2D eigenvalue weighted by Crippen LogP contribution is 2.18. The summed E-state index contributed by atoms with van der Waals surface area (Å²) in [6, 6.07) is 10.1. The van der Waals surface area contributed by atoms with Crippen molar-refractivity contribution in [3.05, 3.63) is 52.0 Å². The smallest absolute Gasteiger partial charge is 0.315 e. The van der Waals surface area contributed by atoms with Crippen LogP contribution in [0.5, 0.6) is 0 Å². The van der Waals surface area contributed by atoms with Gasteiger partial charge in [-0.2, -0.15) is 0 Å². The molecule has 0 aliphatic rings. The lowest BCUT2D eigenvalue weighted by atomic mass is 9.95. The lowest BCUT2D eigenvalue weighted by Crippen LogP contribution is -2.42. The fourth-order valence-corrected chi connectivity index (χ4v) is 2.80. The third-order valence-corrected chi connectivity index (χ3v) is 4.62. The highest BCUT2D eigenvalue weighted by molar-refractivity contribution is 7.09. The molecule has 0 saturated heterocycles. The highest BCUT2D eigenvalue weighted by Gasteiger charge is 2.16. The van der Waals surface area contributed by atoms with Crippen molar-refractivity contribution in [3.8, 4) is 0 Å². The van der Waals surface area contributed by atoms with Gasteiger partial charge in [0.15, 0.2) is 0 Å². The number of urea groups is 1. The first-order valence-corrected chi connectivity index (χ1v) is 7.94. The van der Waals surface area contributed by atoms with E-state index in [4.69, 9.17) is 0 Å². The normalized spacial score (nSPS) is 13.5. The minimum atomic E-state index is -0.141. The van der Waals surface area contributed by atoms with Gasteiger partial charge in [-0.15, -0.1) is 11.3 Å². The molecule has 2 rings (SSSR count). The summed E-state index contributed by atoms with van der Waals surface area (Å²) in [7, 11) is 0. The molecule has 2 aromatic rings. The molecular weight excluding hydrogens is 282 g/mol. The standard InChI is InChI=1S/C16H21N3OS/c1-11(14-7-5-4-6-8-14)12(2)19-16(20)17-9-15-13(3)18-10-21-15/h4-8,10-12H,9H2,1-3H3,(H2,17,19,20)/t11-,12+/m1/s1. The number of carbonyl (C=O) groups is 1. The van der Waals surface area contributed by atoms with Gasteiger partial charge in [0, 0.05) is 16.8 Å². The number of rotatable bonds is 5. The summed E-state index contributed by atoms with van der Waals surface area (Å²) in [5.74, 6) is 0.266. The Kier molecular flexibility index (Phi) is 5.33. The number of carbonyl (C=O) groups excluding carboxylic acids is 1. The Morgan fingerprint density at radius 2 is 2.00 bits per heavy atom. The zero-order chi connectivity index (χ0) is 15.2. The van der Waals surface area contributed by atoms with E-state index in [1.54, 1.807) is 16.8 Å². The van der Waals surface area contributed by atoms with Gasteiger partial charge in [0.05, 0.1) is 17.7 Å². The van der Waals surface area contributed by atoms with Gasteiger partial charge < -0.3 is 10.6 Å². The first-order chi connectivity index (χ1) is 10.1. The summed E-state index contributed by atoms with van der Waals surface area (Å²) in [5.41, 5.74) is 4.00. The van der Waals surface area contributed by atoms with E-state index in [9.17, 15) is 4.79 Å². The van der Waals surface area contributed by atoms with Crippen molar-refractivity contribution in [2.24, 2.45) is 0 Å². The van der Waals surface area contributed by atoms with Crippen LogP contribution in [0.1, 0.15) is 35.9 Å². The predicted molar refractivity (Wildman–Crippen MR) is 86.5 cm³/mol. The van der Waals surface area contributed by atoms with Gasteiger partial charge in [0.25, 0.3) is 0 Å². The van der Waals surface area contributed by atoms with Gasteiger partial charge in [-0.05, 0) is 19.4 Å². The molecule has 0 bridgehead atoms. The van der Waals surface area contributed by atoms with Crippen molar-refractivity contribution in [1.29, 1.82) is 0 Å². The van der Waals surface area contributed by atoms with E-state index in [1.165, 1.54) is 5.56 Å². The number of aryl methyl sites for hydroxylation is 1. The van der Waals surface area contributed by atoms with Crippen molar-refractivity contribution in [1.82, 2.24) is 15.6 Å². The van der Waals surface area contributed by atoms with Crippen LogP contribution in [0.15, 0.2) is 35.8 Å². The molecular formula is C16H21N3OS. The summed E-state index contributed by atoms with van der Waals surface area (Å²) in [4.78, 5) is 17.2. The van der Waals surface area contributed by atoms with E-state index in [2.05, 4.69) is 34.7 Å². The maximum absolute atomic E-state index is 12.0. The van der Waals surface area contributed by atoms with Gasteiger partial charge in [-0.3, -0.25) is 0 Å². The minimum absolute atomic E-state index is 0.0648. The number of aromatic nitrogens is 1. The van der Waals surface area contributed by atoms with Crippen LogP contribution in [-0.4, -0.2) is 17.1 Å². The number of thiazole rings is 1. The number of nitrogens with one attached hydrogen (secondary N) is 2. The Morgan fingerprint density at radius 3 is 2.62 bits per heavy atom. The lowest BCUT2D eigenvalue weighted by Gasteiger charge is -2.22. The molecule has 0 radical (unpaired) electrons. The Balaban J connectivity index is 1.83. The third-order valence-electron chi connectivity index (χ3n) is 3.69. The molecule has 2 N–H and O–H groups in total. The Labute approximate surface area is 129 Å². The number of benzene rings is 1. The predicted octanol–water partition coefficient (Wildman–Crippen LogP) is 3.44. The second kappa shape index (κ2) is 7.22. The SMILES string of the molecule is Cc1ncsc1CNC(=O)N[C@@H](C)[C@@H](C)c1ccccc1. The lowest BCUT2D eigenvalue weighted by molar-refractivity contribution is 0.236. The Hall–Kier alpha value is -1.88. The van der Waals surface area contributed by atoms with Crippen LogP contribution in [0.3, 0.4) is 0 Å². The molecule has 21 heavy (non-hydrogen) atoms. The largest absolute Gasteiger partial charge is 0.335 e. The van der Waals surface area contributed by atoms with E-state index in [1.807, 2.05) is 32.0 Å². The molecule has 4 nitrogen and oxygen atoms in total. The summed E-state index contributed by atoms with van der Waals surface area (Å²) in [6.45, 7) is 6.61. The van der Waals surface area contributed by atoms with Crippen LogP contribution in [0, 0.1) is 6.92 Å². The van der Waals surface area contributed by atoms with Crippen LogP contribution < -0.4 is 10.6 Å². The van der Waals surface area contributed by atoms with Crippen LogP contribution in [0.4, 0.5) is 4.79 Å². The fraction of sp³-hybridized carbons (Fsp3) is 0.375. The minimum Gasteiger partial charge on any atom is -0.335 e. The molecule has 0 aliphatic heterocycles. The van der Waals surface area contributed by atoms with Crippen molar-refractivity contribution < 1.29 is 4.79 Å². The molecule has 1 aromatic carbocycles. The quantitative estimate of drug-likeness (QED) is 0.889. The van der Waals surface area contributed by atoms with Gasteiger partial charge in [0.2, 0.25) is 0 Å². The van der Waals surface area contributed by atoms with Crippen LogP contribution in [0.2, 0.25) is 0 Å². The summed E-state index contributed by atoms with van der Waals surface area (Å²) in [5, 5.41) is 5.88. The molecule has 5 heteroatoms. The molecule has 112 valence electrons. The number of hydrogen-bond donors (Lipinski definition) is 2. The molecule has 1 aromatic heterocycles. The molecule has 1 heterocycles. The number of hydrogen-bond acceptors (Lipinski definition) is 3. The van der Waals surface area contributed by atoms with Crippen LogP contribution in [0.25, 0.3) is 0 Å². The average molecular weight is 303 g/mol. The van der Waals surface area contributed by atoms with E-state index in [0.29, 0.717) is 6.54 Å². The Morgan fingerprint density at radius 1 is 1.29 bits per heavy atom. The molecule has 0 spiro atoms. The second-order valence-corrected chi connectivity index (χ2v) is 6.12. The zero-order valence-electron chi connectivity index (χ0n) is 12.6. The molecule has 0 aliphatic carbocycles. The molecule has 2 atom stereocenters. The van der Waals surface area contributed by atoms with Gasteiger partial charge in [-0.1, -0.05) is 37.3 Å². The average Bonchev–Trinajstić information content (AvgIpc) is 2.90. The highest BCUT2D eigenvalue weighted by atomic mass is 32.1. The monoisotopic (exact) mass is 303 g/mol. The topological polar surface area (TPSA) is 54.0 Å². The van der Waals surface area contributed by atoms with Crippen molar-refractivity contribution in [2.75, 3.05) is 0 Å². The molecule has 0 unspecified atom stereocenters.